The summed E-state index contributed by atoms with van der Waals surface area (Å²) < 4.78 is 0. The molecule has 1 aliphatic rings. The van der Waals surface area contributed by atoms with Crippen molar-refractivity contribution in [1.29, 1.82) is 0 Å². The fraction of sp³-hybridized carbons (Fsp3) is 0.188. The third kappa shape index (κ3) is 2.16. The molecule has 106 valence electrons. The lowest BCUT2D eigenvalue weighted by molar-refractivity contribution is -0.121. The van der Waals surface area contributed by atoms with E-state index < -0.39 is 11.3 Å². The number of anilines is 1. The first-order valence-corrected chi connectivity index (χ1v) is 6.72. The monoisotopic (exact) mass is 280 g/mol. The van der Waals surface area contributed by atoms with E-state index in [1.165, 1.54) is 0 Å². The molecule has 0 aliphatic carbocycles. The third-order valence-electron chi connectivity index (χ3n) is 3.89. The molecule has 1 amide bonds. The van der Waals surface area contributed by atoms with Crippen LogP contribution < -0.4 is 11.1 Å². The predicted molar refractivity (Wildman–Crippen MR) is 82.4 cm³/mol. The van der Waals surface area contributed by atoms with Crippen molar-refractivity contribution >= 4 is 17.8 Å². The number of aromatic nitrogens is 1. The van der Waals surface area contributed by atoms with E-state index in [0.717, 1.165) is 16.8 Å². The van der Waals surface area contributed by atoms with Crippen LogP contribution in [-0.4, -0.2) is 23.8 Å². The number of amides is 1. The van der Waals surface area contributed by atoms with Gasteiger partial charge in [-0.25, -0.2) is 0 Å². The van der Waals surface area contributed by atoms with E-state index in [-0.39, 0.29) is 0 Å². The quantitative estimate of drug-likeness (QED) is 0.897. The van der Waals surface area contributed by atoms with E-state index in [0.29, 0.717) is 12.4 Å². The molecule has 1 aromatic carbocycles. The Morgan fingerprint density at radius 1 is 1.33 bits per heavy atom. The maximum atomic E-state index is 12.1. The number of nitrogens with zero attached hydrogens (tertiary/aromatic N) is 2. The van der Waals surface area contributed by atoms with Gasteiger partial charge in [-0.2, -0.15) is 0 Å². The first-order chi connectivity index (χ1) is 10.1. The number of aliphatic imine (C=N–C) groups is 1. The van der Waals surface area contributed by atoms with E-state index in [9.17, 15) is 4.79 Å². The summed E-state index contributed by atoms with van der Waals surface area (Å²) in [6, 6.07) is 11.3. The Labute approximate surface area is 122 Å². The van der Waals surface area contributed by atoms with Gasteiger partial charge in [0.25, 0.3) is 0 Å². The normalized spacial score (nSPS) is 15.7. The summed E-state index contributed by atoms with van der Waals surface area (Å²) in [5, 5.41) is 3.20. The lowest BCUT2D eigenvalue weighted by Crippen LogP contribution is -2.40. The van der Waals surface area contributed by atoms with Crippen LogP contribution in [-0.2, 0) is 10.2 Å². The fourth-order valence-electron chi connectivity index (χ4n) is 2.48. The highest BCUT2D eigenvalue weighted by Gasteiger charge is 2.37. The van der Waals surface area contributed by atoms with Gasteiger partial charge >= 0.3 is 0 Å². The van der Waals surface area contributed by atoms with Crippen molar-refractivity contribution in [2.24, 2.45) is 10.7 Å². The van der Waals surface area contributed by atoms with E-state index in [2.05, 4.69) is 15.3 Å². The van der Waals surface area contributed by atoms with Gasteiger partial charge in [0.1, 0.15) is 12.1 Å². The minimum Gasteiger partial charge on any atom is -0.369 e. The number of benzene rings is 1. The smallest absolute Gasteiger partial charge is 0.233 e. The number of carbonyl (C=O) groups is 1. The molecule has 1 unspecified atom stereocenters. The van der Waals surface area contributed by atoms with Crippen molar-refractivity contribution < 1.29 is 4.79 Å². The minimum absolute atomic E-state index is 0.425. The van der Waals surface area contributed by atoms with Crippen molar-refractivity contribution in [2.45, 2.75) is 12.3 Å². The van der Waals surface area contributed by atoms with Crippen LogP contribution in [0.5, 0.6) is 0 Å². The van der Waals surface area contributed by atoms with Gasteiger partial charge in [0.2, 0.25) is 5.91 Å². The number of primary amides is 1. The average molecular weight is 280 g/mol. The summed E-state index contributed by atoms with van der Waals surface area (Å²) >= 11 is 0. The second kappa shape index (κ2) is 5.01. The van der Waals surface area contributed by atoms with Crippen molar-refractivity contribution in [3.8, 4) is 0 Å². The number of hydrogen-bond acceptors (Lipinski definition) is 4. The van der Waals surface area contributed by atoms with E-state index in [1.54, 1.807) is 13.1 Å². The van der Waals surface area contributed by atoms with Gasteiger partial charge in [0, 0.05) is 23.7 Å². The Morgan fingerprint density at radius 2 is 2.19 bits per heavy atom. The molecule has 1 atom stereocenters. The Hall–Kier alpha value is -2.69. The Kier molecular flexibility index (Phi) is 3.17. The number of carbonyl (C=O) groups excluding carboxylic acids is 1. The number of hydrogen-bond donors (Lipinski definition) is 2. The average Bonchev–Trinajstić information content (AvgIpc) is 2.54. The zero-order valence-corrected chi connectivity index (χ0v) is 11.7. The van der Waals surface area contributed by atoms with Gasteiger partial charge in [-0.05, 0) is 30.7 Å². The highest BCUT2D eigenvalue weighted by Crippen LogP contribution is 2.33. The van der Waals surface area contributed by atoms with Gasteiger partial charge < -0.3 is 11.1 Å². The highest BCUT2D eigenvalue weighted by molar-refractivity contribution is 5.93. The van der Waals surface area contributed by atoms with Crippen molar-refractivity contribution in [2.75, 3.05) is 12.0 Å². The number of nitrogens with one attached hydrogen (secondary N) is 1. The summed E-state index contributed by atoms with van der Waals surface area (Å²) in [7, 11) is 0. The van der Waals surface area contributed by atoms with Gasteiger partial charge in [0.05, 0.1) is 5.69 Å². The second-order valence-electron chi connectivity index (χ2n) is 5.15. The van der Waals surface area contributed by atoms with Crippen molar-refractivity contribution in [3.05, 3.63) is 59.4 Å². The zero-order chi connectivity index (χ0) is 14.9. The minimum atomic E-state index is -0.966. The summed E-state index contributed by atoms with van der Waals surface area (Å²) in [5.74, 6) is -0.425. The number of fused-ring (bicyclic) bond motifs is 1. The summed E-state index contributed by atoms with van der Waals surface area (Å²) in [6.07, 6.45) is 3.48. The Morgan fingerprint density at radius 3 is 2.90 bits per heavy atom. The molecule has 1 aromatic heterocycles. The molecule has 0 saturated carbocycles. The first-order valence-electron chi connectivity index (χ1n) is 6.72. The van der Waals surface area contributed by atoms with Crippen LogP contribution in [0, 0.1) is 0 Å². The summed E-state index contributed by atoms with van der Waals surface area (Å²) in [4.78, 5) is 20.6. The van der Waals surface area contributed by atoms with Crippen molar-refractivity contribution in [1.82, 2.24) is 4.98 Å². The molecule has 5 heteroatoms. The van der Waals surface area contributed by atoms with Gasteiger partial charge in [-0.1, -0.05) is 18.2 Å². The molecule has 0 saturated heterocycles. The number of pyridine rings is 1. The third-order valence-corrected chi connectivity index (χ3v) is 3.89. The van der Waals surface area contributed by atoms with Gasteiger partial charge in [-0.3, -0.25) is 14.8 Å². The second-order valence-corrected chi connectivity index (χ2v) is 5.15. The van der Waals surface area contributed by atoms with Crippen LogP contribution in [0.3, 0.4) is 0 Å². The largest absolute Gasteiger partial charge is 0.369 e. The molecular weight excluding hydrogens is 264 g/mol. The van der Waals surface area contributed by atoms with Crippen LogP contribution in [0.15, 0.2) is 47.6 Å². The molecule has 0 bridgehead atoms. The molecule has 1 aliphatic heterocycles. The van der Waals surface area contributed by atoms with Crippen LogP contribution in [0.25, 0.3) is 0 Å². The standard InChI is InChI=1S/C16H16N4O/c1-16(15(17)21,14-4-2-3-7-19-14)12-6-5-11-9-18-10-20-13(11)8-12/h2-9,20H,10H2,1H3,(H2,17,21). The van der Waals surface area contributed by atoms with E-state index >= 15 is 0 Å². The lowest BCUT2D eigenvalue weighted by Gasteiger charge is -2.27. The molecule has 2 heterocycles. The maximum absolute atomic E-state index is 12.1. The van der Waals surface area contributed by atoms with Crippen LogP contribution in [0.1, 0.15) is 23.7 Å². The van der Waals surface area contributed by atoms with Crippen LogP contribution in [0.2, 0.25) is 0 Å². The SMILES string of the molecule is CC(C(N)=O)(c1ccc2c(c1)NCN=C2)c1ccccn1. The molecule has 0 radical (unpaired) electrons. The molecule has 0 spiro atoms. The predicted octanol–water partition coefficient (Wildman–Crippen LogP) is 1.67. The summed E-state index contributed by atoms with van der Waals surface area (Å²) in [5.41, 5.74) is 8.12. The summed E-state index contributed by atoms with van der Waals surface area (Å²) in [6.45, 7) is 2.34. The molecule has 0 fully saturated rings. The zero-order valence-electron chi connectivity index (χ0n) is 11.7. The van der Waals surface area contributed by atoms with Crippen LogP contribution >= 0.6 is 0 Å². The molecule has 3 N–H and O–H groups in total. The Bertz CT molecular complexity index is 711. The number of rotatable bonds is 3. The molecule has 2 aromatic rings. The maximum Gasteiger partial charge on any atom is 0.233 e. The van der Waals surface area contributed by atoms with Gasteiger partial charge in [-0.15, -0.1) is 0 Å². The molecule has 21 heavy (non-hydrogen) atoms. The van der Waals surface area contributed by atoms with Gasteiger partial charge in [0.15, 0.2) is 0 Å². The molecular formula is C16H16N4O. The van der Waals surface area contributed by atoms with Crippen LogP contribution in [0.4, 0.5) is 5.69 Å². The first kappa shape index (κ1) is 13.3. The van der Waals surface area contributed by atoms with Crippen molar-refractivity contribution in [3.63, 3.8) is 0 Å². The lowest BCUT2D eigenvalue weighted by atomic mass is 9.78. The van der Waals surface area contributed by atoms with E-state index in [1.807, 2.05) is 42.6 Å². The number of nitrogens with two attached hydrogens (primary N) is 1. The topological polar surface area (TPSA) is 80.4 Å². The molecule has 5 nitrogen and oxygen atoms in total. The highest BCUT2D eigenvalue weighted by atomic mass is 16.1. The molecule has 3 rings (SSSR count). The van der Waals surface area contributed by atoms with E-state index in [4.69, 9.17) is 5.73 Å². The Balaban J connectivity index is 2.15. The fourth-order valence-corrected chi connectivity index (χ4v) is 2.48.